The Labute approximate surface area is 176 Å². The lowest BCUT2D eigenvalue weighted by atomic mass is 9.82. The van der Waals surface area contributed by atoms with E-state index in [1.54, 1.807) is 6.20 Å². The summed E-state index contributed by atoms with van der Waals surface area (Å²) >= 11 is 0. The molecule has 2 saturated heterocycles. The summed E-state index contributed by atoms with van der Waals surface area (Å²) in [6.07, 6.45) is 4.83. The number of hydrogen-bond acceptors (Lipinski definition) is 5. The first-order chi connectivity index (χ1) is 14.6. The number of nitrogens with zero attached hydrogens (tertiary/aromatic N) is 4. The molecule has 2 aromatic rings. The highest BCUT2D eigenvalue weighted by Crippen LogP contribution is 2.35. The zero-order chi connectivity index (χ0) is 20.7. The van der Waals surface area contributed by atoms with Crippen LogP contribution < -0.4 is 10.9 Å². The highest BCUT2D eigenvalue weighted by molar-refractivity contribution is 5.82. The third kappa shape index (κ3) is 3.70. The summed E-state index contributed by atoms with van der Waals surface area (Å²) in [6.45, 7) is 4.47. The SMILES string of the molecule is CN(Cc1ccn[nH]1)Cc1ccc2n(c1=O)C[C@H]1C[C@@H]2CN(C(=O)[C@H]2CCCN2)C1. The first-order valence-electron chi connectivity index (χ1n) is 11.0. The molecule has 0 spiro atoms. The number of amides is 1. The molecule has 160 valence electrons. The molecule has 2 aromatic heterocycles. The van der Waals surface area contributed by atoms with Crippen molar-refractivity contribution in [1.82, 2.24) is 29.9 Å². The number of fused-ring (bicyclic) bond motifs is 4. The molecule has 0 aliphatic carbocycles. The van der Waals surface area contributed by atoms with Gasteiger partial charge in [0, 0.05) is 61.8 Å². The molecule has 2 bridgehead atoms. The zero-order valence-corrected chi connectivity index (χ0v) is 17.5. The molecule has 0 unspecified atom stereocenters. The van der Waals surface area contributed by atoms with Crippen LogP contribution in [0.15, 0.2) is 29.2 Å². The minimum Gasteiger partial charge on any atom is -0.340 e. The second-order valence-electron chi connectivity index (χ2n) is 9.14. The van der Waals surface area contributed by atoms with E-state index in [2.05, 4.69) is 26.5 Å². The Morgan fingerprint density at radius 3 is 2.90 bits per heavy atom. The number of rotatable bonds is 5. The van der Waals surface area contributed by atoms with Gasteiger partial charge in [-0.25, -0.2) is 0 Å². The summed E-state index contributed by atoms with van der Waals surface area (Å²) in [4.78, 5) is 30.3. The van der Waals surface area contributed by atoms with E-state index in [-0.39, 0.29) is 23.4 Å². The highest BCUT2D eigenvalue weighted by atomic mass is 16.2. The molecule has 0 saturated carbocycles. The maximum atomic E-state index is 13.2. The number of piperidine rings is 1. The van der Waals surface area contributed by atoms with E-state index in [0.29, 0.717) is 19.0 Å². The second kappa shape index (κ2) is 8.00. The molecule has 3 aliphatic heterocycles. The third-order valence-electron chi connectivity index (χ3n) is 6.79. The summed E-state index contributed by atoms with van der Waals surface area (Å²) in [5, 5.41) is 10.3. The van der Waals surface area contributed by atoms with Crippen molar-refractivity contribution in [1.29, 1.82) is 0 Å². The maximum Gasteiger partial charge on any atom is 0.255 e. The maximum absolute atomic E-state index is 13.2. The number of aromatic nitrogens is 3. The Hall–Kier alpha value is -2.45. The number of likely N-dealkylation sites (tertiary alicyclic amines) is 1. The Bertz CT molecular complexity index is 963. The van der Waals surface area contributed by atoms with Crippen molar-refractivity contribution in [3.8, 4) is 0 Å². The van der Waals surface area contributed by atoms with Gasteiger partial charge in [-0.1, -0.05) is 6.07 Å². The van der Waals surface area contributed by atoms with Crippen LogP contribution in [0.3, 0.4) is 0 Å². The molecular formula is C22H30N6O2. The van der Waals surface area contributed by atoms with Gasteiger partial charge in [0.15, 0.2) is 0 Å². The average Bonchev–Trinajstić information content (AvgIpc) is 3.44. The number of pyridine rings is 1. The molecule has 2 N–H and O–H groups in total. The van der Waals surface area contributed by atoms with E-state index < -0.39 is 0 Å². The van der Waals surface area contributed by atoms with Crippen LogP contribution >= 0.6 is 0 Å². The van der Waals surface area contributed by atoms with Gasteiger partial charge in [-0.05, 0) is 50.9 Å². The number of carbonyl (C=O) groups is 1. The number of hydrogen-bond donors (Lipinski definition) is 2. The van der Waals surface area contributed by atoms with E-state index in [0.717, 1.165) is 62.4 Å². The van der Waals surface area contributed by atoms with Crippen molar-refractivity contribution in [3.05, 3.63) is 51.7 Å². The van der Waals surface area contributed by atoms with Gasteiger partial charge in [0.25, 0.3) is 5.56 Å². The number of carbonyl (C=O) groups excluding carboxylic acids is 1. The van der Waals surface area contributed by atoms with Gasteiger partial charge in [0.1, 0.15) is 0 Å². The van der Waals surface area contributed by atoms with E-state index in [9.17, 15) is 9.59 Å². The standard InChI is InChI=1S/C22H30N6O2/c1-26(14-18-6-8-24-25-18)12-16-4-5-20-17-9-15(11-28(20)21(16)29)10-27(13-17)22(30)19-3-2-7-23-19/h4-6,8,15,17,19,23H,2-3,7,9-14H2,1H3,(H,24,25)/t15-,17+,19+/m0/s1. The second-order valence-corrected chi connectivity index (χ2v) is 9.14. The lowest BCUT2D eigenvalue weighted by molar-refractivity contribution is -0.135. The first-order valence-corrected chi connectivity index (χ1v) is 11.0. The predicted molar refractivity (Wildman–Crippen MR) is 113 cm³/mol. The molecule has 5 rings (SSSR count). The van der Waals surface area contributed by atoms with E-state index in [4.69, 9.17) is 0 Å². The quantitative estimate of drug-likeness (QED) is 0.765. The molecule has 8 nitrogen and oxygen atoms in total. The molecule has 1 amide bonds. The summed E-state index contributed by atoms with van der Waals surface area (Å²) in [6, 6.07) is 6.03. The van der Waals surface area contributed by atoms with Gasteiger partial charge in [-0.2, -0.15) is 5.10 Å². The summed E-state index contributed by atoms with van der Waals surface area (Å²) in [7, 11) is 2.01. The minimum absolute atomic E-state index is 0.0150. The van der Waals surface area contributed by atoms with Crippen LogP contribution in [0.2, 0.25) is 0 Å². The molecular weight excluding hydrogens is 380 g/mol. The Morgan fingerprint density at radius 1 is 1.23 bits per heavy atom. The molecule has 5 heterocycles. The van der Waals surface area contributed by atoms with Gasteiger partial charge in [0.2, 0.25) is 5.91 Å². The van der Waals surface area contributed by atoms with Crippen molar-refractivity contribution in [2.75, 3.05) is 26.7 Å². The van der Waals surface area contributed by atoms with Crippen LogP contribution in [-0.4, -0.2) is 63.2 Å². The smallest absolute Gasteiger partial charge is 0.255 e. The van der Waals surface area contributed by atoms with Gasteiger partial charge >= 0.3 is 0 Å². The number of H-pyrrole nitrogens is 1. The van der Waals surface area contributed by atoms with Crippen LogP contribution in [0.5, 0.6) is 0 Å². The van der Waals surface area contributed by atoms with Gasteiger partial charge in [0.05, 0.1) is 6.04 Å². The highest BCUT2D eigenvalue weighted by Gasteiger charge is 2.38. The lowest BCUT2D eigenvalue weighted by Gasteiger charge is -2.43. The van der Waals surface area contributed by atoms with Crippen LogP contribution in [-0.2, 0) is 24.4 Å². The predicted octanol–water partition coefficient (Wildman–Crippen LogP) is 0.901. The molecule has 0 radical (unpaired) electrons. The molecule has 2 fully saturated rings. The Morgan fingerprint density at radius 2 is 2.13 bits per heavy atom. The van der Waals surface area contributed by atoms with Crippen molar-refractivity contribution in [2.24, 2.45) is 5.92 Å². The van der Waals surface area contributed by atoms with E-state index >= 15 is 0 Å². The Kier molecular flexibility index (Phi) is 5.20. The fraction of sp³-hybridized carbons (Fsp3) is 0.591. The average molecular weight is 411 g/mol. The molecule has 3 aliphatic rings. The van der Waals surface area contributed by atoms with Crippen molar-refractivity contribution in [3.63, 3.8) is 0 Å². The van der Waals surface area contributed by atoms with Crippen molar-refractivity contribution in [2.45, 2.75) is 50.9 Å². The van der Waals surface area contributed by atoms with Crippen LogP contribution in [0.1, 0.15) is 42.1 Å². The van der Waals surface area contributed by atoms with E-state index in [1.165, 1.54) is 0 Å². The largest absolute Gasteiger partial charge is 0.340 e. The fourth-order valence-electron chi connectivity index (χ4n) is 5.42. The van der Waals surface area contributed by atoms with Gasteiger partial charge < -0.3 is 14.8 Å². The Balaban J connectivity index is 1.32. The van der Waals surface area contributed by atoms with Crippen molar-refractivity contribution < 1.29 is 4.79 Å². The molecule has 3 atom stereocenters. The normalized spacial score (nSPS) is 25.5. The van der Waals surface area contributed by atoms with Crippen LogP contribution in [0.4, 0.5) is 0 Å². The number of nitrogens with one attached hydrogen (secondary N) is 2. The minimum atomic E-state index is -0.0150. The fourth-order valence-corrected chi connectivity index (χ4v) is 5.42. The third-order valence-corrected chi connectivity index (χ3v) is 6.79. The summed E-state index contributed by atoms with van der Waals surface area (Å²) in [5.74, 6) is 0.861. The van der Waals surface area contributed by atoms with Crippen LogP contribution in [0.25, 0.3) is 0 Å². The summed E-state index contributed by atoms with van der Waals surface area (Å²) in [5.41, 5.74) is 3.07. The topological polar surface area (TPSA) is 86.3 Å². The van der Waals surface area contributed by atoms with Crippen LogP contribution in [0, 0.1) is 5.92 Å². The summed E-state index contributed by atoms with van der Waals surface area (Å²) < 4.78 is 1.98. The molecule has 0 aromatic carbocycles. The van der Waals surface area contributed by atoms with Gasteiger partial charge in [-0.3, -0.25) is 19.6 Å². The van der Waals surface area contributed by atoms with Crippen molar-refractivity contribution >= 4 is 5.91 Å². The van der Waals surface area contributed by atoms with Gasteiger partial charge in [-0.15, -0.1) is 0 Å². The number of aromatic amines is 1. The monoisotopic (exact) mass is 410 g/mol. The van der Waals surface area contributed by atoms with E-state index in [1.807, 2.05) is 28.6 Å². The molecule has 8 heteroatoms. The first kappa shape index (κ1) is 19.5. The zero-order valence-electron chi connectivity index (χ0n) is 17.5. The lowest BCUT2D eigenvalue weighted by Crippen LogP contribution is -2.53. The molecule has 30 heavy (non-hydrogen) atoms.